The van der Waals surface area contributed by atoms with Crippen molar-refractivity contribution in [1.82, 2.24) is 4.57 Å². The maximum absolute atomic E-state index is 12.5. The molecular weight excluding hydrogens is 360 g/mol. The van der Waals surface area contributed by atoms with Crippen LogP contribution in [0.4, 0.5) is 0 Å². The first-order valence-electron chi connectivity index (χ1n) is 7.68. The number of aromatic nitrogens is 1. The summed E-state index contributed by atoms with van der Waals surface area (Å²) in [6.45, 7) is 2.65. The number of aryl methyl sites for hydroxylation is 1. The van der Waals surface area contributed by atoms with Crippen molar-refractivity contribution in [2.24, 2.45) is 4.99 Å². The Bertz CT molecular complexity index is 990. The van der Waals surface area contributed by atoms with E-state index in [0.717, 1.165) is 16.0 Å². The highest BCUT2D eigenvalue weighted by Crippen LogP contribution is 2.35. The van der Waals surface area contributed by atoms with Crippen LogP contribution in [-0.2, 0) is 6.54 Å². The molecule has 0 atom stereocenters. The molecule has 0 fully saturated rings. The normalized spacial score (nSPS) is 11.8. The van der Waals surface area contributed by atoms with Crippen LogP contribution in [0.1, 0.15) is 17.3 Å². The number of nitrogens with zero attached hydrogens (tertiary/aromatic N) is 2. The molecule has 2 aromatic carbocycles. The first-order valence-corrected chi connectivity index (χ1v) is 8.87. The van der Waals surface area contributed by atoms with E-state index in [0.29, 0.717) is 27.7 Å². The van der Waals surface area contributed by atoms with Gasteiger partial charge in [-0.3, -0.25) is 4.79 Å². The summed E-state index contributed by atoms with van der Waals surface area (Å²) in [4.78, 5) is 17.4. The molecule has 3 aromatic rings. The second-order valence-electron chi connectivity index (χ2n) is 5.20. The van der Waals surface area contributed by atoms with Crippen molar-refractivity contribution in [3.63, 3.8) is 0 Å². The molecule has 130 valence electrons. The molecule has 3 rings (SSSR count). The van der Waals surface area contributed by atoms with Gasteiger partial charge in [0.05, 0.1) is 14.2 Å². The van der Waals surface area contributed by atoms with Gasteiger partial charge in [0, 0.05) is 17.1 Å². The third kappa shape index (κ3) is 3.27. The number of carbonyl (C=O) groups is 1. The summed E-state index contributed by atoms with van der Waals surface area (Å²) >= 11 is 7.27. The van der Waals surface area contributed by atoms with Gasteiger partial charge in [-0.2, -0.15) is 4.99 Å². The fourth-order valence-electron chi connectivity index (χ4n) is 2.58. The molecule has 0 aliphatic heterocycles. The minimum absolute atomic E-state index is 0.316. The summed E-state index contributed by atoms with van der Waals surface area (Å²) < 4.78 is 13.8. The number of amides is 1. The number of hydrogen-bond donors (Lipinski definition) is 0. The average Bonchev–Trinajstić information content (AvgIpc) is 2.99. The van der Waals surface area contributed by atoms with E-state index in [4.69, 9.17) is 21.1 Å². The topological polar surface area (TPSA) is 52.8 Å². The molecule has 0 bridgehead atoms. The fraction of sp³-hybridized carbons (Fsp3) is 0.222. The van der Waals surface area contributed by atoms with Crippen molar-refractivity contribution >= 4 is 39.1 Å². The lowest BCUT2D eigenvalue weighted by Crippen LogP contribution is -2.16. The number of methoxy groups -OCH3 is 2. The van der Waals surface area contributed by atoms with Crippen molar-refractivity contribution in [3.8, 4) is 11.5 Å². The van der Waals surface area contributed by atoms with Gasteiger partial charge in [0.15, 0.2) is 4.80 Å². The molecule has 0 saturated heterocycles. The number of thiazole rings is 1. The van der Waals surface area contributed by atoms with Crippen LogP contribution in [0.25, 0.3) is 10.2 Å². The Morgan fingerprint density at radius 3 is 2.36 bits per heavy atom. The lowest BCUT2D eigenvalue weighted by molar-refractivity contribution is 0.0998. The highest BCUT2D eigenvalue weighted by Gasteiger charge is 2.16. The van der Waals surface area contributed by atoms with Gasteiger partial charge in [0.25, 0.3) is 5.91 Å². The molecule has 0 spiro atoms. The predicted molar refractivity (Wildman–Crippen MR) is 99.9 cm³/mol. The minimum Gasteiger partial charge on any atom is -0.495 e. The summed E-state index contributed by atoms with van der Waals surface area (Å²) in [6, 6.07) is 10.4. The van der Waals surface area contributed by atoms with E-state index < -0.39 is 0 Å². The van der Waals surface area contributed by atoms with Crippen molar-refractivity contribution in [1.29, 1.82) is 0 Å². The highest BCUT2D eigenvalue weighted by atomic mass is 35.5. The van der Waals surface area contributed by atoms with Gasteiger partial charge in [-0.05, 0) is 43.3 Å². The van der Waals surface area contributed by atoms with Gasteiger partial charge in [-0.25, -0.2) is 0 Å². The zero-order chi connectivity index (χ0) is 18.0. The molecule has 0 aliphatic rings. The Balaban J connectivity index is 2.22. The molecule has 7 heteroatoms. The number of benzene rings is 2. The van der Waals surface area contributed by atoms with Crippen molar-refractivity contribution in [2.45, 2.75) is 13.5 Å². The van der Waals surface area contributed by atoms with E-state index in [1.165, 1.54) is 11.3 Å². The Labute approximate surface area is 154 Å². The number of hydrogen-bond acceptors (Lipinski definition) is 4. The summed E-state index contributed by atoms with van der Waals surface area (Å²) in [5.41, 5.74) is 1.36. The maximum Gasteiger partial charge on any atom is 0.279 e. The number of rotatable bonds is 4. The van der Waals surface area contributed by atoms with E-state index in [1.807, 2.05) is 23.6 Å². The van der Waals surface area contributed by atoms with Crippen LogP contribution >= 0.6 is 22.9 Å². The predicted octanol–water partition coefficient (Wildman–Crippen LogP) is 4.13. The molecule has 0 radical (unpaired) electrons. The number of halogens is 1. The Kier molecular flexibility index (Phi) is 5.11. The third-order valence-electron chi connectivity index (χ3n) is 3.80. The molecule has 25 heavy (non-hydrogen) atoms. The van der Waals surface area contributed by atoms with Gasteiger partial charge in [0.1, 0.15) is 21.7 Å². The molecule has 1 aromatic heterocycles. The van der Waals surface area contributed by atoms with Crippen LogP contribution in [0, 0.1) is 0 Å². The Morgan fingerprint density at radius 1 is 1.12 bits per heavy atom. The minimum atomic E-state index is -0.316. The van der Waals surface area contributed by atoms with Crippen LogP contribution in [-0.4, -0.2) is 24.7 Å². The SMILES string of the molecule is CCn1c(=NC(=O)c2ccc(Cl)cc2)sc2c(OC)ccc(OC)c21. The average molecular weight is 377 g/mol. The van der Waals surface area contributed by atoms with Crippen molar-refractivity contribution in [3.05, 3.63) is 51.8 Å². The van der Waals surface area contributed by atoms with E-state index in [1.54, 1.807) is 38.5 Å². The molecule has 1 heterocycles. The number of ether oxygens (including phenoxy) is 2. The van der Waals surface area contributed by atoms with Crippen LogP contribution in [0.15, 0.2) is 41.4 Å². The first kappa shape index (κ1) is 17.5. The molecule has 1 amide bonds. The third-order valence-corrected chi connectivity index (χ3v) is 5.14. The number of carbonyl (C=O) groups excluding carboxylic acids is 1. The molecule has 0 unspecified atom stereocenters. The quantitative estimate of drug-likeness (QED) is 0.687. The lowest BCUT2D eigenvalue weighted by atomic mass is 10.2. The summed E-state index contributed by atoms with van der Waals surface area (Å²) in [5.74, 6) is 1.13. The van der Waals surface area contributed by atoms with E-state index >= 15 is 0 Å². The standard InChI is InChI=1S/C18H17ClN2O3S/c1-4-21-15-13(23-2)9-10-14(24-3)16(15)25-18(21)20-17(22)11-5-7-12(19)8-6-11/h5-10H,4H2,1-3H3. The summed E-state index contributed by atoms with van der Waals surface area (Å²) in [5, 5.41) is 0.580. The van der Waals surface area contributed by atoms with E-state index in [-0.39, 0.29) is 5.91 Å². The van der Waals surface area contributed by atoms with Crippen LogP contribution in [0.3, 0.4) is 0 Å². The fourth-order valence-corrected chi connectivity index (χ4v) is 3.90. The van der Waals surface area contributed by atoms with E-state index in [2.05, 4.69) is 4.99 Å². The summed E-state index contributed by atoms with van der Waals surface area (Å²) in [6.07, 6.45) is 0. The first-order chi connectivity index (χ1) is 12.1. The monoisotopic (exact) mass is 376 g/mol. The zero-order valence-electron chi connectivity index (χ0n) is 14.1. The van der Waals surface area contributed by atoms with Crippen LogP contribution < -0.4 is 14.3 Å². The number of fused-ring (bicyclic) bond motifs is 1. The zero-order valence-corrected chi connectivity index (χ0v) is 15.6. The van der Waals surface area contributed by atoms with Crippen molar-refractivity contribution < 1.29 is 14.3 Å². The Hall–Kier alpha value is -2.31. The van der Waals surface area contributed by atoms with Gasteiger partial charge < -0.3 is 14.0 Å². The highest BCUT2D eigenvalue weighted by molar-refractivity contribution is 7.16. The Morgan fingerprint density at radius 2 is 1.76 bits per heavy atom. The van der Waals surface area contributed by atoms with Gasteiger partial charge in [0.2, 0.25) is 0 Å². The van der Waals surface area contributed by atoms with E-state index in [9.17, 15) is 4.79 Å². The van der Waals surface area contributed by atoms with Crippen LogP contribution in [0.5, 0.6) is 11.5 Å². The van der Waals surface area contributed by atoms with Gasteiger partial charge >= 0.3 is 0 Å². The smallest absolute Gasteiger partial charge is 0.279 e. The van der Waals surface area contributed by atoms with Crippen molar-refractivity contribution in [2.75, 3.05) is 14.2 Å². The van der Waals surface area contributed by atoms with Gasteiger partial charge in [-0.1, -0.05) is 22.9 Å². The summed E-state index contributed by atoms with van der Waals surface area (Å²) in [7, 11) is 3.24. The second kappa shape index (κ2) is 7.29. The van der Waals surface area contributed by atoms with Gasteiger partial charge in [-0.15, -0.1) is 0 Å². The molecular formula is C18H17ClN2O3S. The lowest BCUT2D eigenvalue weighted by Gasteiger charge is -2.08. The van der Waals surface area contributed by atoms with Crippen LogP contribution in [0.2, 0.25) is 5.02 Å². The molecule has 0 N–H and O–H groups in total. The molecule has 0 saturated carbocycles. The second-order valence-corrected chi connectivity index (χ2v) is 6.61. The maximum atomic E-state index is 12.5. The largest absolute Gasteiger partial charge is 0.495 e. The molecule has 0 aliphatic carbocycles. The molecule has 5 nitrogen and oxygen atoms in total.